The fourth-order valence-corrected chi connectivity index (χ4v) is 7.21. The van der Waals surface area contributed by atoms with Crippen molar-refractivity contribution in [1.29, 1.82) is 0 Å². The summed E-state index contributed by atoms with van der Waals surface area (Å²) in [5.74, 6) is 1.86. The predicted octanol–water partition coefficient (Wildman–Crippen LogP) is 10.9. The van der Waals surface area contributed by atoms with Gasteiger partial charge in [-0.25, -0.2) is 4.98 Å². The highest BCUT2D eigenvalue weighted by Crippen LogP contribution is 2.44. The largest absolute Gasteiger partial charge is 0.296 e. The number of aryl methyl sites for hydroxylation is 1. The first-order valence-electron chi connectivity index (χ1n) is 15.7. The quantitative estimate of drug-likeness (QED) is 0.190. The highest BCUT2D eigenvalue weighted by Gasteiger charge is 2.23. The second kappa shape index (κ2) is 10.8. The summed E-state index contributed by atoms with van der Waals surface area (Å²) in [6.45, 7) is 4.51. The number of rotatable bonds is 5. The third-order valence-electron chi connectivity index (χ3n) is 9.26. The van der Waals surface area contributed by atoms with Crippen molar-refractivity contribution < 1.29 is 0 Å². The van der Waals surface area contributed by atoms with E-state index in [1.54, 1.807) is 0 Å². The molecule has 2 heteroatoms. The van der Waals surface area contributed by atoms with Crippen LogP contribution in [0.5, 0.6) is 0 Å². The highest BCUT2D eigenvalue weighted by molar-refractivity contribution is 6.19. The Bertz CT molecular complexity index is 2160. The average Bonchev–Trinajstić information content (AvgIpc) is 3.46. The van der Waals surface area contributed by atoms with Crippen LogP contribution < -0.4 is 0 Å². The molecule has 0 radical (unpaired) electrons. The van der Waals surface area contributed by atoms with E-state index in [0.717, 1.165) is 29.0 Å². The minimum absolute atomic E-state index is 0.385. The Labute approximate surface area is 258 Å². The van der Waals surface area contributed by atoms with Crippen molar-refractivity contribution in [3.8, 4) is 16.8 Å². The zero-order chi connectivity index (χ0) is 29.6. The normalized spacial score (nSPS) is 16.5. The first kappa shape index (κ1) is 26.4. The van der Waals surface area contributed by atoms with E-state index in [0.29, 0.717) is 11.8 Å². The molecule has 0 saturated carbocycles. The van der Waals surface area contributed by atoms with Gasteiger partial charge in [-0.2, -0.15) is 0 Å². The Morgan fingerprint density at radius 1 is 0.636 bits per heavy atom. The number of para-hydroxylation sites is 2. The number of imidazole rings is 1. The van der Waals surface area contributed by atoms with Crippen molar-refractivity contribution in [3.05, 3.63) is 163 Å². The van der Waals surface area contributed by atoms with Gasteiger partial charge in [-0.05, 0) is 79.6 Å². The number of hydrogen-bond donors (Lipinski definition) is 0. The smallest absolute Gasteiger partial charge is 0.114 e. The minimum Gasteiger partial charge on any atom is -0.296 e. The molecule has 0 amide bonds. The lowest BCUT2D eigenvalue weighted by atomic mass is 9.78. The minimum atomic E-state index is 0.385. The Balaban J connectivity index is 1.28. The average molecular weight is 567 g/mol. The van der Waals surface area contributed by atoms with E-state index in [1.807, 2.05) is 0 Å². The maximum absolute atomic E-state index is 4.90. The number of nitrogens with zero attached hydrogens (tertiary/aromatic N) is 2. The molecule has 1 heterocycles. The van der Waals surface area contributed by atoms with Crippen LogP contribution >= 0.6 is 0 Å². The van der Waals surface area contributed by atoms with E-state index in [2.05, 4.69) is 164 Å². The molecule has 2 nitrogen and oxygen atoms in total. The zero-order valence-electron chi connectivity index (χ0n) is 25.1. The van der Waals surface area contributed by atoms with Gasteiger partial charge in [0.1, 0.15) is 5.82 Å². The molecule has 6 aromatic carbocycles. The maximum atomic E-state index is 4.90. The van der Waals surface area contributed by atoms with Gasteiger partial charge in [0.25, 0.3) is 0 Å². The first-order valence-corrected chi connectivity index (χ1v) is 15.7. The summed E-state index contributed by atoms with van der Waals surface area (Å²) >= 11 is 0. The molecule has 8 rings (SSSR count). The zero-order valence-corrected chi connectivity index (χ0v) is 25.1. The lowest BCUT2D eigenvalue weighted by molar-refractivity contribution is 0.638. The molecule has 0 aliphatic heterocycles. The molecule has 0 spiro atoms. The number of allylic oxidation sites excluding steroid dienone is 4. The number of hydrogen-bond acceptors (Lipinski definition) is 1. The van der Waals surface area contributed by atoms with E-state index in [1.165, 1.54) is 49.4 Å². The van der Waals surface area contributed by atoms with Crippen LogP contribution in [-0.4, -0.2) is 9.55 Å². The Morgan fingerprint density at radius 2 is 1.23 bits per heavy atom. The van der Waals surface area contributed by atoms with Gasteiger partial charge in [0, 0.05) is 18.0 Å². The molecule has 0 bridgehead atoms. The van der Waals surface area contributed by atoms with Gasteiger partial charge in [0.15, 0.2) is 0 Å². The van der Waals surface area contributed by atoms with Crippen LogP contribution in [0, 0.1) is 5.92 Å². The molecular formula is C42H34N2. The van der Waals surface area contributed by atoms with Crippen LogP contribution in [0.4, 0.5) is 0 Å². The van der Waals surface area contributed by atoms with Crippen LogP contribution in [0.1, 0.15) is 36.7 Å². The molecule has 7 aromatic rings. The SMILES string of the molecule is CCc1nc2ccccc2n1-c1ccc(-c2c3ccccc3c(C3=CC(C)C(c4ccccc4)C=C3)c3ccccc23)cc1. The third-order valence-corrected chi connectivity index (χ3v) is 9.26. The van der Waals surface area contributed by atoms with Gasteiger partial charge in [0.2, 0.25) is 0 Å². The highest BCUT2D eigenvalue weighted by atomic mass is 15.1. The van der Waals surface area contributed by atoms with Gasteiger partial charge in [-0.1, -0.05) is 135 Å². The van der Waals surface area contributed by atoms with Crippen molar-refractivity contribution >= 4 is 38.2 Å². The fourth-order valence-electron chi connectivity index (χ4n) is 7.21. The molecule has 2 unspecified atom stereocenters. The van der Waals surface area contributed by atoms with E-state index in [4.69, 9.17) is 4.98 Å². The molecule has 212 valence electrons. The third kappa shape index (κ3) is 4.29. The van der Waals surface area contributed by atoms with Crippen LogP contribution in [0.25, 0.3) is 55.0 Å². The van der Waals surface area contributed by atoms with Crippen molar-refractivity contribution in [3.63, 3.8) is 0 Å². The lowest BCUT2D eigenvalue weighted by Crippen LogP contribution is -2.09. The van der Waals surface area contributed by atoms with Crippen LogP contribution in [0.15, 0.2) is 146 Å². The van der Waals surface area contributed by atoms with Crippen molar-refractivity contribution in [2.24, 2.45) is 5.92 Å². The number of aromatic nitrogens is 2. The van der Waals surface area contributed by atoms with E-state index in [-0.39, 0.29) is 0 Å². The van der Waals surface area contributed by atoms with Gasteiger partial charge >= 0.3 is 0 Å². The van der Waals surface area contributed by atoms with Crippen molar-refractivity contribution in [2.75, 3.05) is 0 Å². The number of benzene rings is 6. The van der Waals surface area contributed by atoms with Crippen LogP contribution in [0.3, 0.4) is 0 Å². The molecule has 0 saturated heterocycles. The molecule has 2 atom stereocenters. The van der Waals surface area contributed by atoms with Crippen LogP contribution in [0.2, 0.25) is 0 Å². The van der Waals surface area contributed by atoms with Gasteiger partial charge in [-0.3, -0.25) is 4.57 Å². The van der Waals surface area contributed by atoms with E-state index >= 15 is 0 Å². The molecule has 1 aliphatic carbocycles. The second-order valence-electron chi connectivity index (χ2n) is 11.9. The standard InChI is InChI=1S/C42H34N2/c1-3-40-43-38-19-11-12-20-39(38)44(40)32-24-21-30(22-25-32)41-34-15-7-9-17-36(34)42(37-18-10-8-16-35(37)41)31-23-26-33(28(2)27-31)29-13-5-4-6-14-29/h4-28,33H,3H2,1-2H3. The first-order chi connectivity index (χ1) is 21.7. The summed E-state index contributed by atoms with van der Waals surface area (Å²) < 4.78 is 2.30. The van der Waals surface area contributed by atoms with E-state index in [9.17, 15) is 0 Å². The summed E-state index contributed by atoms with van der Waals surface area (Å²) in [5, 5.41) is 5.15. The summed E-state index contributed by atoms with van der Waals surface area (Å²) in [6.07, 6.45) is 8.10. The molecule has 44 heavy (non-hydrogen) atoms. The van der Waals surface area contributed by atoms with Crippen molar-refractivity contribution in [2.45, 2.75) is 26.2 Å². The van der Waals surface area contributed by atoms with Gasteiger partial charge in [0.05, 0.1) is 11.0 Å². The summed E-state index contributed by atoms with van der Waals surface area (Å²) in [7, 11) is 0. The summed E-state index contributed by atoms with van der Waals surface area (Å²) in [6, 6.07) is 46.2. The molecule has 1 aliphatic rings. The topological polar surface area (TPSA) is 17.8 Å². The Morgan fingerprint density at radius 3 is 1.86 bits per heavy atom. The monoisotopic (exact) mass is 566 g/mol. The molecule has 1 aromatic heterocycles. The Hall–Kier alpha value is -5.21. The predicted molar refractivity (Wildman–Crippen MR) is 186 cm³/mol. The van der Waals surface area contributed by atoms with Crippen molar-refractivity contribution in [1.82, 2.24) is 9.55 Å². The second-order valence-corrected chi connectivity index (χ2v) is 11.9. The van der Waals surface area contributed by atoms with E-state index < -0.39 is 0 Å². The number of fused-ring (bicyclic) bond motifs is 3. The fraction of sp³-hybridized carbons (Fsp3) is 0.119. The van der Waals surface area contributed by atoms with Gasteiger partial charge < -0.3 is 0 Å². The van der Waals surface area contributed by atoms with Crippen LogP contribution in [-0.2, 0) is 6.42 Å². The Kier molecular flexibility index (Phi) is 6.49. The molecule has 0 fully saturated rings. The summed E-state index contributed by atoms with van der Waals surface area (Å²) in [4.78, 5) is 4.90. The lowest BCUT2D eigenvalue weighted by Gasteiger charge is -2.25. The molecule has 0 N–H and O–H groups in total. The summed E-state index contributed by atoms with van der Waals surface area (Å²) in [5.41, 5.74) is 9.83. The maximum Gasteiger partial charge on any atom is 0.114 e. The molecular weight excluding hydrogens is 532 g/mol. The van der Waals surface area contributed by atoms with Gasteiger partial charge in [-0.15, -0.1) is 0 Å².